The van der Waals surface area contributed by atoms with Gasteiger partial charge in [-0.2, -0.15) is 4.31 Å². The summed E-state index contributed by atoms with van der Waals surface area (Å²) in [6.07, 6.45) is 4.00. The van der Waals surface area contributed by atoms with Gasteiger partial charge in [-0.1, -0.05) is 25.0 Å². The highest BCUT2D eigenvalue weighted by Gasteiger charge is 2.25. The minimum atomic E-state index is -3.51. The molecule has 1 aliphatic rings. The zero-order valence-corrected chi connectivity index (χ0v) is 21.7. The topological polar surface area (TPSA) is 68.7 Å². The van der Waals surface area contributed by atoms with Crippen molar-refractivity contribution in [2.75, 3.05) is 20.2 Å². The minimum absolute atomic E-state index is 0.330. The van der Waals surface area contributed by atoms with Crippen molar-refractivity contribution < 1.29 is 17.9 Å². The first-order valence-electron chi connectivity index (χ1n) is 12.0. The van der Waals surface area contributed by atoms with E-state index in [4.69, 9.17) is 14.5 Å². The second kappa shape index (κ2) is 10.8. The maximum Gasteiger partial charge on any atom is 0.243 e. The molecular weight excluding hydrogens is 492 g/mol. The van der Waals surface area contributed by atoms with Crippen molar-refractivity contribution in [3.63, 3.8) is 0 Å². The van der Waals surface area contributed by atoms with Crippen molar-refractivity contribution >= 4 is 21.4 Å². The van der Waals surface area contributed by atoms with E-state index in [-0.39, 0.29) is 0 Å². The van der Waals surface area contributed by atoms with Crippen molar-refractivity contribution in [3.8, 4) is 39.1 Å². The number of ether oxygens (including phenoxy) is 2. The van der Waals surface area contributed by atoms with Gasteiger partial charge in [0.05, 0.1) is 17.7 Å². The molecule has 0 aliphatic carbocycles. The highest BCUT2D eigenvalue weighted by atomic mass is 32.2. The molecule has 8 heteroatoms. The molecule has 0 spiro atoms. The van der Waals surface area contributed by atoms with Crippen LogP contribution in [0.2, 0.25) is 0 Å². The fourth-order valence-electron chi connectivity index (χ4n) is 4.23. The largest absolute Gasteiger partial charge is 0.497 e. The second-order valence-corrected chi connectivity index (χ2v) is 11.5. The Morgan fingerprint density at radius 3 is 2.11 bits per heavy atom. The average Bonchev–Trinajstić information content (AvgIpc) is 3.24. The van der Waals surface area contributed by atoms with Crippen LogP contribution in [0.1, 0.15) is 25.7 Å². The van der Waals surface area contributed by atoms with Crippen LogP contribution in [0, 0.1) is 0 Å². The predicted molar refractivity (Wildman–Crippen MR) is 143 cm³/mol. The van der Waals surface area contributed by atoms with E-state index >= 15 is 0 Å². The Balaban J connectivity index is 1.32. The molecule has 5 rings (SSSR count). The van der Waals surface area contributed by atoms with Gasteiger partial charge >= 0.3 is 0 Å². The van der Waals surface area contributed by atoms with Gasteiger partial charge in [0.25, 0.3) is 0 Å². The molecule has 3 aromatic carbocycles. The van der Waals surface area contributed by atoms with E-state index in [0.717, 1.165) is 64.8 Å². The van der Waals surface area contributed by atoms with Gasteiger partial charge in [0.1, 0.15) is 22.3 Å². The number of thiazole rings is 1. The Morgan fingerprint density at radius 2 is 1.44 bits per heavy atom. The summed E-state index contributed by atoms with van der Waals surface area (Å²) in [5, 5.41) is 2.83. The zero-order chi connectivity index (χ0) is 25.0. The Labute approximate surface area is 216 Å². The molecule has 0 radical (unpaired) electrons. The van der Waals surface area contributed by atoms with Crippen LogP contribution in [0.4, 0.5) is 0 Å². The number of rotatable bonds is 7. The van der Waals surface area contributed by atoms with Gasteiger partial charge < -0.3 is 9.47 Å². The van der Waals surface area contributed by atoms with Gasteiger partial charge in [0.15, 0.2) is 0 Å². The summed E-state index contributed by atoms with van der Waals surface area (Å²) >= 11 is 1.53. The summed E-state index contributed by atoms with van der Waals surface area (Å²) in [6.45, 7) is 1.18. The number of hydrogen-bond acceptors (Lipinski definition) is 6. The molecule has 0 atom stereocenters. The number of methoxy groups -OCH3 is 1. The third-order valence-electron chi connectivity index (χ3n) is 6.23. The highest BCUT2D eigenvalue weighted by molar-refractivity contribution is 7.89. The summed E-state index contributed by atoms with van der Waals surface area (Å²) in [4.78, 5) is 5.12. The Hall–Kier alpha value is -3.20. The fourth-order valence-corrected chi connectivity index (χ4v) is 6.63. The van der Waals surface area contributed by atoms with Gasteiger partial charge in [0, 0.05) is 29.6 Å². The first-order chi connectivity index (χ1) is 17.5. The van der Waals surface area contributed by atoms with E-state index in [1.807, 2.05) is 60.0 Å². The van der Waals surface area contributed by atoms with Crippen LogP contribution in [0.15, 0.2) is 83.1 Å². The standard InChI is InChI=1S/C28H28N2O4S2/c1-33-23-13-15-25(16-14-23)34-24-11-9-21(10-12-24)28-29-27(20-35-28)22-7-6-8-26(19-22)36(31,32)30-17-4-2-3-5-18-30/h6-16,19-20H,2-5,17-18H2,1H3. The van der Waals surface area contributed by atoms with Crippen LogP contribution in [-0.4, -0.2) is 37.9 Å². The monoisotopic (exact) mass is 520 g/mol. The SMILES string of the molecule is COc1ccc(Oc2ccc(-c3nc(-c4cccc(S(=O)(=O)N5CCCCCC5)c4)cs3)cc2)cc1. The second-order valence-electron chi connectivity index (χ2n) is 8.69. The molecule has 1 saturated heterocycles. The van der Waals surface area contributed by atoms with E-state index in [1.165, 1.54) is 11.3 Å². The van der Waals surface area contributed by atoms with Crippen molar-refractivity contribution in [2.24, 2.45) is 0 Å². The average molecular weight is 521 g/mol. The summed E-state index contributed by atoms with van der Waals surface area (Å²) in [5.74, 6) is 2.24. The van der Waals surface area contributed by atoms with Gasteiger partial charge in [-0.3, -0.25) is 0 Å². The van der Waals surface area contributed by atoms with E-state index in [0.29, 0.717) is 18.0 Å². The summed E-state index contributed by atoms with van der Waals surface area (Å²) in [6, 6.07) is 22.3. The van der Waals surface area contributed by atoms with Gasteiger partial charge in [-0.15, -0.1) is 11.3 Å². The number of sulfonamides is 1. The van der Waals surface area contributed by atoms with Crippen LogP contribution in [-0.2, 0) is 10.0 Å². The lowest BCUT2D eigenvalue weighted by molar-refractivity contribution is 0.413. The molecule has 36 heavy (non-hydrogen) atoms. The quantitative estimate of drug-likeness (QED) is 0.267. The number of nitrogens with zero attached hydrogens (tertiary/aromatic N) is 2. The Morgan fingerprint density at radius 1 is 0.806 bits per heavy atom. The van der Waals surface area contributed by atoms with E-state index in [9.17, 15) is 8.42 Å². The van der Waals surface area contributed by atoms with Crippen molar-refractivity contribution in [2.45, 2.75) is 30.6 Å². The molecule has 6 nitrogen and oxygen atoms in total. The Bertz CT molecular complexity index is 1410. The van der Waals surface area contributed by atoms with Crippen LogP contribution in [0.5, 0.6) is 17.2 Å². The Kier molecular flexibility index (Phi) is 7.36. The minimum Gasteiger partial charge on any atom is -0.497 e. The zero-order valence-electron chi connectivity index (χ0n) is 20.1. The number of hydrogen-bond donors (Lipinski definition) is 0. The predicted octanol–water partition coefficient (Wildman–Crippen LogP) is 6.84. The molecule has 2 heterocycles. The molecule has 1 fully saturated rings. The smallest absolute Gasteiger partial charge is 0.243 e. The first kappa shape index (κ1) is 24.5. The molecule has 0 saturated carbocycles. The lowest BCUT2D eigenvalue weighted by atomic mass is 10.2. The maximum absolute atomic E-state index is 13.2. The van der Waals surface area contributed by atoms with E-state index < -0.39 is 10.0 Å². The first-order valence-corrected chi connectivity index (χ1v) is 14.3. The molecule has 0 N–H and O–H groups in total. The summed E-state index contributed by atoms with van der Waals surface area (Å²) in [7, 11) is -1.87. The molecule has 0 amide bonds. The lowest BCUT2D eigenvalue weighted by Crippen LogP contribution is -2.31. The number of benzene rings is 3. The van der Waals surface area contributed by atoms with E-state index in [1.54, 1.807) is 29.6 Å². The molecule has 4 aromatic rings. The normalized spacial score (nSPS) is 14.8. The molecule has 1 aliphatic heterocycles. The lowest BCUT2D eigenvalue weighted by Gasteiger charge is -2.20. The molecular formula is C28H28N2O4S2. The highest BCUT2D eigenvalue weighted by Crippen LogP contribution is 2.32. The molecule has 186 valence electrons. The third-order valence-corrected chi connectivity index (χ3v) is 9.02. The summed E-state index contributed by atoms with van der Waals surface area (Å²) < 4.78 is 39.2. The van der Waals surface area contributed by atoms with E-state index in [2.05, 4.69) is 0 Å². The molecule has 1 aromatic heterocycles. The van der Waals surface area contributed by atoms with Crippen molar-refractivity contribution in [1.29, 1.82) is 0 Å². The van der Waals surface area contributed by atoms with Gasteiger partial charge in [-0.05, 0) is 73.5 Å². The van der Waals surface area contributed by atoms with Gasteiger partial charge in [-0.25, -0.2) is 13.4 Å². The fraction of sp³-hybridized carbons (Fsp3) is 0.250. The van der Waals surface area contributed by atoms with Gasteiger partial charge in [0.2, 0.25) is 10.0 Å². The third kappa shape index (κ3) is 5.46. The van der Waals surface area contributed by atoms with Crippen molar-refractivity contribution in [3.05, 3.63) is 78.2 Å². The molecule has 0 unspecified atom stereocenters. The molecule has 0 bridgehead atoms. The van der Waals surface area contributed by atoms with Crippen molar-refractivity contribution in [1.82, 2.24) is 9.29 Å². The maximum atomic E-state index is 13.2. The van der Waals surface area contributed by atoms with Crippen LogP contribution in [0.3, 0.4) is 0 Å². The van der Waals surface area contributed by atoms with Crippen LogP contribution in [0.25, 0.3) is 21.8 Å². The van der Waals surface area contributed by atoms with Crippen LogP contribution < -0.4 is 9.47 Å². The number of aromatic nitrogens is 1. The summed E-state index contributed by atoms with van der Waals surface area (Å²) in [5.41, 5.74) is 2.54. The van der Waals surface area contributed by atoms with Crippen LogP contribution >= 0.6 is 11.3 Å².